The Morgan fingerprint density at radius 3 is 1.49 bits per heavy atom. The third kappa shape index (κ3) is 5.58. The number of nitrogens with zero attached hydrogens (tertiary/aromatic N) is 2. The van der Waals surface area contributed by atoms with E-state index in [2.05, 4.69) is 0 Å². The minimum Gasteiger partial charge on any atom is -0.309 e. The monoisotopic (exact) mass is 840 g/mol. The summed E-state index contributed by atoms with van der Waals surface area (Å²) in [5, 5.41) is -2.64. The van der Waals surface area contributed by atoms with Crippen molar-refractivity contribution in [3.05, 3.63) is 252 Å². The quantitative estimate of drug-likeness (QED) is 0.158. The van der Waals surface area contributed by atoms with E-state index in [1.54, 1.807) is 0 Å². The highest BCUT2D eigenvalue weighted by Gasteiger charge is 2.33. The minimum atomic E-state index is -2.43. The van der Waals surface area contributed by atoms with Crippen LogP contribution in [0.4, 0.5) is 0 Å². The van der Waals surface area contributed by atoms with Crippen molar-refractivity contribution in [1.29, 1.82) is 0 Å². The van der Waals surface area contributed by atoms with E-state index in [4.69, 9.17) is 27.4 Å². The predicted octanol–water partition coefficient (Wildman–Crippen LogP) is 16.0. The zero-order chi connectivity index (χ0) is 75.4. The van der Waals surface area contributed by atoms with Crippen LogP contribution in [-0.2, 0) is 0 Å². The van der Waals surface area contributed by atoms with Crippen molar-refractivity contribution in [2.45, 2.75) is 5.92 Å². The molecule has 1 aliphatic rings. The van der Waals surface area contributed by atoms with Gasteiger partial charge < -0.3 is 9.13 Å². The third-order valence-electron chi connectivity index (χ3n) is 10.5. The van der Waals surface area contributed by atoms with Gasteiger partial charge in [0.2, 0.25) is 0 Å². The van der Waals surface area contributed by atoms with Gasteiger partial charge in [0.05, 0.1) is 81.2 Å². The molecule has 2 heterocycles. The number of para-hydroxylation sites is 3. The molecule has 0 N–H and O–H groups in total. The Bertz CT molecular complexity index is 5930. The Kier molecular flexibility index (Phi) is 3.19. The van der Waals surface area contributed by atoms with Gasteiger partial charge in [-0.1, -0.05) is 181 Å². The van der Waals surface area contributed by atoms with E-state index >= 15 is 0 Å². The summed E-state index contributed by atoms with van der Waals surface area (Å²) in [7, 11) is 0. The van der Waals surface area contributed by atoms with Crippen LogP contribution in [0.15, 0.2) is 236 Å². The first-order valence-electron chi connectivity index (χ1n) is 38.2. The highest BCUT2D eigenvalue weighted by atomic mass is 15.0. The summed E-state index contributed by atoms with van der Waals surface area (Å²) in [6, 6.07) is -41.9. The largest absolute Gasteiger partial charge is 0.309 e. The smallest absolute Gasteiger partial charge is 0.0652 e. The maximum absolute atomic E-state index is 10.4. The lowest BCUT2D eigenvalue weighted by atomic mass is 9.85. The molecule has 2 heteroatoms. The van der Waals surface area contributed by atoms with E-state index in [1.165, 1.54) is 0 Å². The highest BCUT2D eigenvalue weighted by molar-refractivity contribution is 6.12. The van der Waals surface area contributed by atoms with Crippen molar-refractivity contribution in [1.82, 2.24) is 9.13 Å². The Morgan fingerprint density at radius 2 is 0.794 bits per heavy atom. The summed E-state index contributed by atoms with van der Waals surface area (Å²) in [6.45, 7) is 0. The van der Waals surface area contributed by atoms with E-state index in [0.29, 0.717) is 9.13 Å². The molecule has 1 atom stereocenters. The Labute approximate surface area is 421 Å². The summed E-state index contributed by atoms with van der Waals surface area (Å²) >= 11 is 0. The normalized spacial score (nSPS) is 21.9. The zero-order valence-corrected chi connectivity index (χ0v) is 31.5. The van der Waals surface area contributed by atoms with Crippen LogP contribution in [0.1, 0.15) is 76.1 Å². The molecule has 0 amide bonds. The number of aromatic nitrogens is 2. The van der Waals surface area contributed by atoms with Gasteiger partial charge in [0.15, 0.2) is 0 Å². The van der Waals surface area contributed by atoms with Gasteiger partial charge in [0, 0.05) is 38.7 Å². The molecule has 1 aliphatic carbocycles. The van der Waals surface area contributed by atoms with Crippen molar-refractivity contribution < 1.29 is 53.5 Å². The predicted molar refractivity (Wildman–Crippen MR) is 264 cm³/mol. The molecule has 0 fully saturated rings. The van der Waals surface area contributed by atoms with E-state index < -0.39 is 358 Å². The average Bonchev–Trinajstić information content (AvgIpc) is 1.51. The summed E-state index contributed by atoms with van der Waals surface area (Å²) in [4.78, 5) is 0. The van der Waals surface area contributed by atoms with Crippen LogP contribution in [0.25, 0.3) is 99.5 Å². The molecule has 2 nitrogen and oxygen atoms in total. The second-order valence-corrected chi connectivity index (χ2v) is 13.8. The highest BCUT2D eigenvalue weighted by Crippen LogP contribution is 2.52. The molecule has 13 rings (SSSR count). The van der Waals surface area contributed by atoms with Gasteiger partial charge in [0.25, 0.3) is 0 Å². The van der Waals surface area contributed by atoms with Crippen molar-refractivity contribution in [2.75, 3.05) is 0 Å². The van der Waals surface area contributed by atoms with Gasteiger partial charge in [-0.05, 0) is 110 Å². The van der Waals surface area contributed by atoms with Crippen LogP contribution in [0.5, 0.6) is 0 Å². The average molecular weight is 840 g/mol. The van der Waals surface area contributed by atoms with Gasteiger partial charge in [-0.2, -0.15) is 0 Å². The first-order valence-corrected chi connectivity index (χ1v) is 18.7. The second-order valence-electron chi connectivity index (χ2n) is 13.8. The van der Waals surface area contributed by atoms with E-state index in [9.17, 15) is 26.0 Å². The summed E-state index contributed by atoms with van der Waals surface area (Å²) in [5.74, 6) is -2.43. The van der Waals surface area contributed by atoms with Crippen LogP contribution < -0.4 is 0 Å². The van der Waals surface area contributed by atoms with Crippen molar-refractivity contribution in [2.24, 2.45) is 0 Å². The lowest BCUT2D eigenvalue weighted by molar-refractivity contribution is 1.01. The summed E-state index contributed by atoms with van der Waals surface area (Å²) < 4.78 is 363. The molecule has 0 bridgehead atoms. The minimum absolute atomic E-state index is 0.551. The molecule has 1 unspecified atom stereocenters. The second kappa shape index (κ2) is 14.2. The first kappa shape index (κ1) is 14.2. The fourth-order valence-electron chi connectivity index (χ4n) is 7.93. The first-order chi connectivity index (χ1) is 47.5. The fraction of sp³-hybridized carbons (Fsp3) is 0.0164. The van der Waals surface area contributed by atoms with E-state index in [-0.39, 0.29) is 0 Å². The van der Waals surface area contributed by atoms with E-state index in [0.717, 1.165) is 0 Å². The number of fused-ring (bicyclic) bond motifs is 9. The van der Waals surface area contributed by atoms with E-state index in [1.807, 2.05) is 0 Å². The fourth-order valence-corrected chi connectivity index (χ4v) is 7.93. The lowest BCUT2D eigenvalue weighted by Crippen LogP contribution is -2.02. The number of hydrogen-bond acceptors (Lipinski definition) is 0. The van der Waals surface area contributed by atoms with Crippen molar-refractivity contribution in [3.63, 3.8) is 0 Å². The molecule has 0 aliphatic heterocycles. The van der Waals surface area contributed by atoms with Gasteiger partial charge in [0.1, 0.15) is 0 Å². The zero-order valence-electron chi connectivity index (χ0n) is 70.5. The molecule has 294 valence electrons. The lowest BCUT2D eigenvalue weighted by Gasteiger charge is -2.19. The molecule has 0 radical (unpaired) electrons. The standard InChI is InChI=1S/C61H40N2/c1-3-17-40(18-4-1)42-21-15-22-43(35-42)45-36-44(41-19-5-2-6-20-41)37-46(38-45)60-51-26-7-8-27-52(51)61-53(60)28-16-32-59(61)63-57-31-14-11-25-50(57)54-39-47(33-34-58(54)63)62-55-29-12-9-23-48(55)49-24-10-13-30-56(49)62/h1-39,60H/i1D,2D,3D,4D,5D,6D,7D,8D,9D,10D,11D,12D,13D,14D,15D,16D,17D,18D,19D,20D,21D,22D,23D,24D,25D,26D,27D,28D,29D,30D,31D,32D,33D,34D,35D,36D,37D,38D,39D. The molecular formula is C61H40N2. The molecule has 12 aromatic rings. The number of hydrogen-bond donors (Lipinski definition) is 0. The number of rotatable bonds is 6. The summed E-state index contributed by atoms with van der Waals surface area (Å²) in [5.41, 5.74) is -15.4. The maximum atomic E-state index is 10.4. The van der Waals surface area contributed by atoms with Gasteiger partial charge in [-0.25, -0.2) is 0 Å². The number of benzene rings is 10. The van der Waals surface area contributed by atoms with Gasteiger partial charge in [-0.3, -0.25) is 0 Å². The van der Waals surface area contributed by atoms with Crippen LogP contribution in [0, 0.1) is 0 Å². The SMILES string of the molecule is [2H]c1c([2H])c([2H])c(-c2c([2H])c([2H])c([2H])c(-c3c([2H])c(-c4c([2H])c([2H])c([2H])c([2H])c4[2H])c([2H])c(C4c5c([2H])c([2H])c([2H])c([2H])c5-c5c4c([2H])c([2H])c([2H])c5-n4c5c([2H])c([2H])c([2H])c([2H])c5c5c([2H])c(-n6c7c([2H])c([2H])c([2H])c([2H])c7c7c([2H])c([2H])c([2H])c([2H])c76)c([2H])c([2H])c54)c3[2H])c2[2H])c([2H])c1[2H]. The molecule has 0 spiro atoms. The van der Waals surface area contributed by atoms with Gasteiger partial charge in [-0.15, -0.1) is 0 Å². The third-order valence-corrected chi connectivity index (χ3v) is 10.5. The van der Waals surface area contributed by atoms with Crippen molar-refractivity contribution in [3.8, 4) is 55.9 Å². The van der Waals surface area contributed by atoms with Crippen LogP contribution >= 0.6 is 0 Å². The Morgan fingerprint density at radius 1 is 0.317 bits per heavy atom. The topological polar surface area (TPSA) is 9.86 Å². The molecular weight excluding hydrogens is 761 g/mol. The maximum Gasteiger partial charge on any atom is 0.0652 e. The Balaban J connectivity index is 1.26. The van der Waals surface area contributed by atoms with Crippen LogP contribution in [0.3, 0.4) is 0 Å². The Hall–Kier alpha value is -8.20. The molecule has 0 saturated carbocycles. The van der Waals surface area contributed by atoms with Crippen LogP contribution in [0.2, 0.25) is 0 Å². The molecule has 0 saturated heterocycles. The molecule has 2 aromatic heterocycles. The summed E-state index contributed by atoms with van der Waals surface area (Å²) in [6.07, 6.45) is 0. The van der Waals surface area contributed by atoms with Crippen molar-refractivity contribution >= 4 is 43.6 Å². The van der Waals surface area contributed by atoms with Crippen LogP contribution in [-0.4, -0.2) is 9.13 Å². The van der Waals surface area contributed by atoms with Gasteiger partial charge >= 0.3 is 0 Å². The molecule has 10 aromatic carbocycles. The molecule has 63 heavy (non-hydrogen) atoms.